The third kappa shape index (κ3) is 4.08. The van der Waals surface area contributed by atoms with Gasteiger partial charge in [0.05, 0.1) is 0 Å². The van der Waals surface area contributed by atoms with Crippen molar-refractivity contribution in [2.24, 2.45) is 11.3 Å². The van der Waals surface area contributed by atoms with E-state index in [-0.39, 0.29) is 5.41 Å². The van der Waals surface area contributed by atoms with E-state index in [1.165, 1.54) is 17.7 Å². The summed E-state index contributed by atoms with van der Waals surface area (Å²) in [7, 11) is 0. The summed E-state index contributed by atoms with van der Waals surface area (Å²) in [5.41, 5.74) is 0.271. The molecule has 3 heteroatoms. The summed E-state index contributed by atoms with van der Waals surface area (Å²) in [6.45, 7) is 5.91. The van der Waals surface area contributed by atoms with Crippen LogP contribution in [0.1, 0.15) is 50.4 Å². The van der Waals surface area contributed by atoms with Crippen molar-refractivity contribution in [2.75, 3.05) is 13.2 Å². The van der Waals surface area contributed by atoms with Gasteiger partial charge in [-0.05, 0) is 48.5 Å². The molecule has 1 saturated carbocycles. The Hall–Kier alpha value is -0.380. The molecular formula is C15H25NOS. The summed E-state index contributed by atoms with van der Waals surface area (Å²) in [5.74, 6) is 0.845. The van der Waals surface area contributed by atoms with Crippen LogP contribution in [0.25, 0.3) is 0 Å². The molecule has 0 spiro atoms. The first-order valence-electron chi connectivity index (χ1n) is 7.00. The van der Waals surface area contributed by atoms with Gasteiger partial charge >= 0.3 is 0 Å². The Labute approximate surface area is 114 Å². The van der Waals surface area contributed by atoms with Crippen LogP contribution < -0.4 is 5.32 Å². The van der Waals surface area contributed by atoms with Crippen LogP contribution in [0.4, 0.5) is 0 Å². The van der Waals surface area contributed by atoms with Crippen LogP contribution in [0.3, 0.4) is 0 Å². The average molecular weight is 267 g/mol. The minimum atomic E-state index is 0.271. The van der Waals surface area contributed by atoms with E-state index in [0.717, 1.165) is 25.3 Å². The van der Waals surface area contributed by atoms with E-state index in [9.17, 15) is 0 Å². The Morgan fingerprint density at radius 1 is 1.50 bits per heavy atom. The van der Waals surface area contributed by atoms with Crippen LogP contribution in [0, 0.1) is 11.3 Å². The van der Waals surface area contributed by atoms with Gasteiger partial charge in [0.25, 0.3) is 0 Å². The number of rotatable bonds is 8. The predicted molar refractivity (Wildman–Crippen MR) is 77.9 cm³/mol. The van der Waals surface area contributed by atoms with Crippen molar-refractivity contribution in [3.05, 3.63) is 22.4 Å². The van der Waals surface area contributed by atoms with Gasteiger partial charge in [-0.2, -0.15) is 0 Å². The quantitative estimate of drug-likeness (QED) is 0.754. The number of nitrogens with one attached hydrogen (secondary N) is 1. The van der Waals surface area contributed by atoms with Crippen LogP contribution in [-0.2, 0) is 0 Å². The van der Waals surface area contributed by atoms with Crippen LogP contribution >= 0.6 is 11.3 Å². The molecule has 1 fully saturated rings. The molecule has 2 nitrogen and oxygen atoms in total. The fourth-order valence-electron chi connectivity index (χ4n) is 2.43. The number of hydrogen-bond acceptors (Lipinski definition) is 3. The average Bonchev–Trinajstić information content (AvgIpc) is 3.02. The second-order valence-electron chi connectivity index (χ2n) is 6.20. The first-order chi connectivity index (χ1) is 8.62. The Morgan fingerprint density at radius 3 is 2.83 bits per heavy atom. The van der Waals surface area contributed by atoms with Gasteiger partial charge in [0.15, 0.2) is 0 Å². The fraction of sp³-hybridized carbons (Fsp3) is 0.733. The molecule has 0 aliphatic heterocycles. The lowest BCUT2D eigenvalue weighted by molar-refractivity contribution is 0.230. The summed E-state index contributed by atoms with van der Waals surface area (Å²) in [6.07, 6.45) is 4.72. The zero-order valence-electron chi connectivity index (χ0n) is 11.5. The van der Waals surface area contributed by atoms with Crippen molar-refractivity contribution in [1.82, 2.24) is 5.32 Å². The van der Waals surface area contributed by atoms with Crippen molar-refractivity contribution >= 4 is 11.3 Å². The first-order valence-corrected chi connectivity index (χ1v) is 7.88. The molecule has 1 aromatic heterocycles. The van der Waals surface area contributed by atoms with E-state index in [4.69, 9.17) is 5.11 Å². The third-order valence-corrected chi connectivity index (χ3v) is 4.71. The minimum absolute atomic E-state index is 0.271. The largest absolute Gasteiger partial charge is 0.396 e. The number of aliphatic hydroxyl groups excluding tert-OH is 1. The molecule has 1 atom stereocenters. The van der Waals surface area contributed by atoms with E-state index in [1.807, 2.05) is 11.3 Å². The molecule has 1 aliphatic rings. The maximum Gasteiger partial charge on any atom is 0.0443 e. The van der Waals surface area contributed by atoms with Crippen LogP contribution in [0.2, 0.25) is 0 Å². The Morgan fingerprint density at radius 2 is 2.28 bits per heavy atom. The van der Waals surface area contributed by atoms with Gasteiger partial charge in [0.1, 0.15) is 0 Å². The lowest BCUT2D eigenvalue weighted by Gasteiger charge is -2.28. The predicted octanol–water partition coefficient (Wildman–Crippen LogP) is 3.59. The van der Waals surface area contributed by atoms with E-state index in [2.05, 4.69) is 36.7 Å². The van der Waals surface area contributed by atoms with Crippen molar-refractivity contribution in [3.8, 4) is 0 Å². The molecule has 1 aliphatic carbocycles. The van der Waals surface area contributed by atoms with Crippen molar-refractivity contribution in [2.45, 2.75) is 45.6 Å². The molecule has 1 unspecified atom stereocenters. The summed E-state index contributed by atoms with van der Waals surface area (Å²) in [5, 5.41) is 14.9. The molecule has 0 aromatic carbocycles. The van der Waals surface area contributed by atoms with Gasteiger partial charge in [-0.1, -0.05) is 19.9 Å². The smallest absolute Gasteiger partial charge is 0.0443 e. The molecule has 1 aromatic rings. The highest BCUT2D eigenvalue weighted by Gasteiger charge is 2.33. The van der Waals surface area contributed by atoms with Crippen LogP contribution in [0.5, 0.6) is 0 Å². The topological polar surface area (TPSA) is 32.3 Å². The fourth-order valence-corrected chi connectivity index (χ4v) is 3.32. The van der Waals surface area contributed by atoms with Gasteiger partial charge in [0.2, 0.25) is 0 Å². The number of aliphatic hydroxyl groups is 1. The standard InChI is InChI=1S/C15H25NOS/c1-15(2,8-4-9-17)11-16-14(12-6-7-12)13-5-3-10-18-13/h3,5,10,12,14,16-17H,4,6-9,11H2,1-2H3. The zero-order valence-corrected chi connectivity index (χ0v) is 12.3. The highest BCUT2D eigenvalue weighted by molar-refractivity contribution is 7.10. The van der Waals surface area contributed by atoms with E-state index in [1.54, 1.807) is 0 Å². The summed E-state index contributed by atoms with van der Waals surface area (Å²) in [4.78, 5) is 1.48. The maximum atomic E-state index is 8.94. The van der Waals surface area contributed by atoms with Gasteiger partial charge in [-0.25, -0.2) is 0 Å². The van der Waals surface area contributed by atoms with E-state index in [0.29, 0.717) is 12.6 Å². The zero-order chi connectivity index (χ0) is 13.0. The monoisotopic (exact) mass is 267 g/mol. The molecule has 2 N–H and O–H groups in total. The minimum Gasteiger partial charge on any atom is -0.396 e. The molecule has 2 rings (SSSR count). The number of hydrogen-bond donors (Lipinski definition) is 2. The summed E-state index contributed by atoms with van der Waals surface area (Å²) < 4.78 is 0. The van der Waals surface area contributed by atoms with Crippen molar-refractivity contribution in [3.63, 3.8) is 0 Å². The summed E-state index contributed by atoms with van der Waals surface area (Å²) in [6, 6.07) is 4.95. The van der Waals surface area contributed by atoms with Crippen molar-refractivity contribution in [1.29, 1.82) is 0 Å². The molecule has 0 saturated heterocycles. The molecule has 1 heterocycles. The molecular weight excluding hydrogens is 242 g/mol. The second-order valence-corrected chi connectivity index (χ2v) is 7.18. The molecule has 0 radical (unpaired) electrons. The highest BCUT2D eigenvalue weighted by Crippen LogP contribution is 2.42. The van der Waals surface area contributed by atoms with E-state index < -0.39 is 0 Å². The molecule has 0 amide bonds. The van der Waals surface area contributed by atoms with Crippen LogP contribution in [-0.4, -0.2) is 18.3 Å². The second kappa shape index (κ2) is 6.18. The maximum absolute atomic E-state index is 8.94. The SMILES string of the molecule is CC(C)(CCCO)CNC(c1cccs1)C1CC1. The van der Waals surface area contributed by atoms with E-state index >= 15 is 0 Å². The molecule has 102 valence electrons. The lowest BCUT2D eigenvalue weighted by atomic mass is 9.87. The Kier molecular flexibility index (Phi) is 4.82. The normalized spacial score (nSPS) is 17.9. The Bertz CT molecular complexity index is 343. The van der Waals surface area contributed by atoms with Gasteiger partial charge in [-0.3, -0.25) is 0 Å². The van der Waals surface area contributed by atoms with Gasteiger partial charge in [0, 0.05) is 24.1 Å². The third-order valence-electron chi connectivity index (χ3n) is 3.76. The van der Waals surface area contributed by atoms with Crippen molar-refractivity contribution < 1.29 is 5.11 Å². The molecule has 18 heavy (non-hydrogen) atoms. The van der Waals surface area contributed by atoms with Crippen LogP contribution in [0.15, 0.2) is 17.5 Å². The van der Waals surface area contributed by atoms with Gasteiger partial charge < -0.3 is 10.4 Å². The summed E-state index contributed by atoms with van der Waals surface area (Å²) >= 11 is 1.87. The Balaban J connectivity index is 1.86. The highest BCUT2D eigenvalue weighted by atomic mass is 32.1. The number of thiophene rings is 1. The first kappa shape index (κ1) is 14.0. The lowest BCUT2D eigenvalue weighted by Crippen LogP contribution is -2.33. The molecule has 0 bridgehead atoms. The van der Waals surface area contributed by atoms with Gasteiger partial charge in [-0.15, -0.1) is 11.3 Å².